The van der Waals surface area contributed by atoms with Crippen LogP contribution in [0.1, 0.15) is 85.9 Å². The number of fused-ring (bicyclic) bond motifs is 2. The third-order valence-electron chi connectivity index (χ3n) is 10.8. The second-order valence-electron chi connectivity index (χ2n) is 14.5. The lowest BCUT2D eigenvalue weighted by Gasteiger charge is -2.37. The van der Waals surface area contributed by atoms with E-state index in [4.69, 9.17) is 0 Å². The molecule has 0 amide bonds. The lowest BCUT2D eigenvalue weighted by molar-refractivity contribution is 0.0766. The molecule has 8 rings (SSSR count). The van der Waals surface area contributed by atoms with Crippen LogP contribution in [0.15, 0.2) is 157 Å². The van der Waals surface area contributed by atoms with E-state index in [0.29, 0.717) is 11.1 Å². The lowest BCUT2D eigenvalue weighted by Crippen LogP contribution is -2.43. The molecule has 2 aliphatic rings. The van der Waals surface area contributed by atoms with Crippen molar-refractivity contribution < 1.29 is 19.2 Å². The molecule has 0 heterocycles. The van der Waals surface area contributed by atoms with E-state index in [1.807, 2.05) is 125 Å². The molecule has 6 aromatic carbocycles. The lowest BCUT2D eigenvalue weighted by atomic mass is 9.61. The summed E-state index contributed by atoms with van der Waals surface area (Å²) in [6.45, 7) is 7.98. The van der Waals surface area contributed by atoms with Crippen LogP contribution in [0, 0.1) is 39.5 Å². The zero-order valence-electron chi connectivity index (χ0n) is 30.6. The molecule has 2 atom stereocenters. The maximum absolute atomic E-state index is 15.4. The summed E-state index contributed by atoms with van der Waals surface area (Å²) in [7, 11) is 0. The molecule has 262 valence electrons. The van der Waals surface area contributed by atoms with Gasteiger partial charge in [-0.3, -0.25) is 19.2 Å². The van der Waals surface area contributed by atoms with Crippen LogP contribution in [-0.4, -0.2) is 23.1 Å². The number of benzene rings is 6. The number of hydrogen-bond acceptors (Lipinski definition) is 4. The van der Waals surface area contributed by atoms with Crippen LogP contribution in [-0.2, 0) is 0 Å². The van der Waals surface area contributed by atoms with Crippen molar-refractivity contribution >= 4 is 34.3 Å². The van der Waals surface area contributed by atoms with Crippen molar-refractivity contribution in [3.8, 4) is 0 Å². The molecule has 0 radical (unpaired) electrons. The molecular weight excluding hydrogens is 665 g/mol. The van der Waals surface area contributed by atoms with Crippen molar-refractivity contribution in [3.05, 3.63) is 224 Å². The third-order valence-corrected chi connectivity index (χ3v) is 10.8. The van der Waals surface area contributed by atoms with Gasteiger partial charge in [-0.25, -0.2) is 0 Å². The van der Waals surface area contributed by atoms with Gasteiger partial charge in [0, 0.05) is 33.4 Å². The van der Waals surface area contributed by atoms with E-state index in [1.165, 1.54) is 0 Å². The van der Waals surface area contributed by atoms with Crippen LogP contribution in [0.3, 0.4) is 0 Å². The number of carbonyl (C=O) groups is 4. The minimum Gasteiger partial charge on any atom is -0.293 e. The third kappa shape index (κ3) is 5.90. The van der Waals surface area contributed by atoms with Gasteiger partial charge in [-0.2, -0.15) is 0 Å². The van der Waals surface area contributed by atoms with E-state index < -0.39 is 11.8 Å². The average Bonchev–Trinajstić information content (AvgIpc) is 3.19. The maximum Gasteiger partial charge on any atom is 0.191 e. The van der Waals surface area contributed by atoms with Gasteiger partial charge in [0.2, 0.25) is 0 Å². The molecule has 6 aromatic rings. The number of allylic oxidation sites excluding steroid dienone is 2. The van der Waals surface area contributed by atoms with Gasteiger partial charge in [-0.15, -0.1) is 0 Å². The number of ketones is 4. The molecule has 4 nitrogen and oxygen atoms in total. The molecule has 4 heteroatoms. The summed E-state index contributed by atoms with van der Waals surface area (Å²) >= 11 is 0. The predicted octanol–water partition coefficient (Wildman–Crippen LogP) is 10.6. The Morgan fingerprint density at radius 1 is 0.333 bits per heavy atom. The number of aryl methyl sites for hydroxylation is 4. The summed E-state index contributed by atoms with van der Waals surface area (Å²) < 4.78 is 0. The van der Waals surface area contributed by atoms with E-state index in [1.54, 1.807) is 48.5 Å². The Morgan fingerprint density at radius 2 is 0.574 bits per heavy atom. The van der Waals surface area contributed by atoms with Gasteiger partial charge < -0.3 is 0 Å². The van der Waals surface area contributed by atoms with Crippen molar-refractivity contribution in [2.24, 2.45) is 11.8 Å². The highest BCUT2D eigenvalue weighted by molar-refractivity contribution is 6.32. The molecule has 0 bridgehead atoms. The van der Waals surface area contributed by atoms with Crippen molar-refractivity contribution in [1.82, 2.24) is 0 Å². The van der Waals surface area contributed by atoms with Gasteiger partial charge in [0.05, 0.1) is 11.8 Å². The molecule has 0 aliphatic heterocycles. The first-order chi connectivity index (χ1) is 26.1. The smallest absolute Gasteiger partial charge is 0.191 e. The Labute approximate surface area is 315 Å². The standard InChI is InChI=1S/C50H38O4/c1-29-13-21-33(22-14-29)41(34-23-15-30(2)16-24-34)43-45(49(53)39-11-7-5-9-37(39)47(43)51)46-44(48(52)38-10-6-8-12-40(38)50(46)54)42(35-25-17-31(3)18-26-35)36-27-19-32(4)20-28-36/h5-28,45-46H,1-4H3. The van der Waals surface area contributed by atoms with Crippen molar-refractivity contribution in [3.63, 3.8) is 0 Å². The van der Waals surface area contributed by atoms with E-state index in [9.17, 15) is 0 Å². The fraction of sp³-hybridized carbons (Fsp3) is 0.120. The van der Waals surface area contributed by atoms with Gasteiger partial charge in [0.25, 0.3) is 0 Å². The van der Waals surface area contributed by atoms with Gasteiger partial charge in [0.15, 0.2) is 23.1 Å². The minimum absolute atomic E-state index is 0.210. The van der Waals surface area contributed by atoms with Crippen LogP contribution < -0.4 is 0 Å². The Kier molecular flexibility index (Phi) is 8.83. The first-order valence-corrected chi connectivity index (χ1v) is 18.2. The van der Waals surface area contributed by atoms with Crippen LogP contribution in [0.5, 0.6) is 0 Å². The number of carbonyl (C=O) groups excluding carboxylic acids is 4. The molecule has 0 fully saturated rings. The molecule has 0 saturated heterocycles. The summed E-state index contributed by atoms with van der Waals surface area (Å²) in [6.07, 6.45) is 0. The monoisotopic (exact) mass is 702 g/mol. The Hall–Kier alpha value is -6.52. The summed E-state index contributed by atoms with van der Waals surface area (Å²) in [6, 6.07) is 45.1. The van der Waals surface area contributed by atoms with Crippen molar-refractivity contribution in [1.29, 1.82) is 0 Å². The molecule has 54 heavy (non-hydrogen) atoms. The highest BCUT2D eigenvalue weighted by Gasteiger charge is 2.51. The quantitative estimate of drug-likeness (QED) is 0.168. The second-order valence-corrected chi connectivity index (χ2v) is 14.5. The van der Waals surface area contributed by atoms with Crippen LogP contribution in [0.4, 0.5) is 0 Å². The highest BCUT2D eigenvalue weighted by Crippen LogP contribution is 2.49. The minimum atomic E-state index is -1.31. The van der Waals surface area contributed by atoms with Gasteiger partial charge >= 0.3 is 0 Å². The van der Waals surface area contributed by atoms with Crippen LogP contribution in [0.25, 0.3) is 11.1 Å². The first kappa shape index (κ1) is 34.6. The van der Waals surface area contributed by atoms with Crippen molar-refractivity contribution in [2.75, 3.05) is 0 Å². The molecule has 0 saturated carbocycles. The van der Waals surface area contributed by atoms with E-state index >= 15 is 19.2 Å². The topological polar surface area (TPSA) is 68.3 Å². The van der Waals surface area contributed by atoms with Gasteiger partial charge in [0.1, 0.15) is 0 Å². The zero-order valence-corrected chi connectivity index (χ0v) is 30.6. The zero-order chi connectivity index (χ0) is 37.7. The van der Waals surface area contributed by atoms with Crippen molar-refractivity contribution in [2.45, 2.75) is 27.7 Å². The fourth-order valence-corrected chi connectivity index (χ4v) is 7.97. The van der Waals surface area contributed by atoms with Gasteiger partial charge in [-0.05, 0) is 61.1 Å². The largest absolute Gasteiger partial charge is 0.293 e. The second kappa shape index (κ2) is 13.8. The van der Waals surface area contributed by atoms with E-state index in [2.05, 4.69) is 0 Å². The number of Topliss-reactive ketones (excluding diaryl/α,β-unsaturated/α-hetero) is 4. The average molecular weight is 703 g/mol. The summed E-state index contributed by atoms with van der Waals surface area (Å²) in [5.41, 5.74) is 9.71. The Balaban J connectivity index is 1.54. The number of hydrogen-bond donors (Lipinski definition) is 0. The number of rotatable bonds is 5. The molecule has 0 spiro atoms. The molecular formula is C50H38O4. The molecule has 0 aromatic heterocycles. The SMILES string of the molecule is Cc1ccc(C(=C2C(=O)c3ccccc3C(=O)C2C2C(=O)c3ccccc3C(=O)C2=C(c2ccc(C)cc2)c2ccc(C)cc2)c2ccc(C)cc2)cc1. The first-order valence-electron chi connectivity index (χ1n) is 18.2. The van der Waals surface area contributed by atoms with Gasteiger partial charge in [-0.1, -0.05) is 168 Å². The Morgan fingerprint density at radius 3 is 0.833 bits per heavy atom. The van der Waals surface area contributed by atoms with E-state index in [0.717, 1.165) is 44.5 Å². The summed E-state index contributed by atoms with van der Waals surface area (Å²) in [5.74, 6) is -4.03. The summed E-state index contributed by atoms with van der Waals surface area (Å²) in [5, 5.41) is 0. The molecule has 0 N–H and O–H groups in total. The summed E-state index contributed by atoms with van der Waals surface area (Å²) in [4.78, 5) is 61.2. The van der Waals surface area contributed by atoms with Crippen LogP contribution in [0.2, 0.25) is 0 Å². The van der Waals surface area contributed by atoms with E-state index in [-0.39, 0.29) is 56.5 Å². The fourth-order valence-electron chi connectivity index (χ4n) is 7.97. The maximum atomic E-state index is 15.4. The molecule has 2 unspecified atom stereocenters. The molecule has 2 aliphatic carbocycles. The normalized spacial score (nSPS) is 16.6. The predicted molar refractivity (Wildman–Crippen MR) is 214 cm³/mol. The Bertz CT molecular complexity index is 2290. The highest BCUT2D eigenvalue weighted by atomic mass is 16.2. The van der Waals surface area contributed by atoms with Crippen LogP contribution >= 0.6 is 0 Å².